The van der Waals surface area contributed by atoms with Crippen LogP contribution in [0.25, 0.3) is 0 Å². The minimum Gasteiger partial charge on any atom is -0.465 e. The van der Waals surface area contributed by atoms with E-state index >= 15 is 0 Å². The molecule has 5 nitrogen and oxygen atoms in total. The van der Waals surface area contributed by atoms with Crippen molar-refractivity contribution in [2.75, 3.05) is 13.2 Å². The van der Waals surface area contributed by atoms with Gasteiger partial charge in [-0.05, 0) is 12.8 Å². The van der Waals surface area contributed by atoms with E-state index < -0.39 is 24.1 Å². The Labute approximate surface area is 89.7 Å². The van der Waals surface area contributed by atoms with Crippen LogP contribution in [-0.4, -0.2) is 40.8 Å². The Morgan fingerprint density at radius 3 is 2.20 bits per heavy atom. The number of hydrogen-bond acceptors (Lipinski definition) is 5. The number of carbonyl (C=O) groups is 1. The maximum atomic E-state index is 11.3. The van der Waals surface area contributed by atoms with Gasteiger partial charge in [0.05, 0.1) is 19.1 Å². The van der Waals surface area contributed by atoms with Gasteiger partial charge in [0.2, 0.25) is 0 Å². The monoisotopic (exact) mass is 220 g/mol. The largest absolute Gasteiger partial charge is 0.465 e. The number of ether oxygens (including phenoxy) is 1. The molecule has 0 saturated heterocycles. The maximum Gasteiger partial charge on any atom is 0.311 e. The summed E-state index contributed by atoms with van der Waals surface area (Å²) in [5.41, 5.74) is 0. The minimum atomic E-state index is -1.47. The number of hydrogen-bond donors (Lipinski definition) is 3. The fourth-order valence-corrected chi connectivity index (χ4v) is 1.09. The molecule has 0 saturated carbocycles. The number of carbonyl (C=O) groups excluding carboxylic acids is 1. The Morgan fingerprint density at radius 2 is 1.87 bits per heavy atom. The van der Waals surface area contributed by atoms with Crippen molar-refractivity contribution in [1.82, 2.24) is 0 Å². The van der Waals surface area contributed by atoms with E-state index in [0.717, 1.165) is 0 Å². The maximum absolute atomic E-state index is 11.3. The fraction of sp³-hybridized carbons (Fsp3) is 0.900. The Morgan fingerprint density at radius 1 is 1.27 bits per heavy atom. The van der Waals surface area contributed by atoms with Crippen molar-refractivity contribution >= 4 is 5.97 Å². The number of aliphatic hydroxyl groups excluding tert-OH is 2. The molecule has 0 heterocycles. The lowest BCUT2D eigenvalue weighted by Gasteiger charge is -2.18. The third-order valence-corrected chi connectivity index (χ3v) is 2.43. The van der Waals surface area contributed by atoms with Crippen LogP contribution in [0.15, 0.2) is 0 Å². The quantitative estimate of drug-likeness (QED) is 0.411. The molecule has 0 bridgehead atoms. The van der Waals surface area contributed by atoms with E-state index in [1.807, 2.05) is 0 Å². The normalized spacial score (nSPS) is 15.1. The average Bonchev–Trinajstić information content (AvgIpc) is 2.20. The summed E-state index contributed by atoms with van der Waals surface area (Å²) in [5.74, 6) is -1.47. The summed E-state index contributed by atoms with van der Waals surface area (Å²) >= 11 is 0. The molecule has 0 aliphatic heterocycles. The molecule has 0 aromatic heterocycles. The molecule has 0 radical (unpaired) electrons. The van der Waals surface area contributed by atoms with E-state index in [0.29, 0.717) is 12.8 Å². The Kier molecular flexibility index (Phi) is 7.29. The molecule has 15 heavy (non-hydrogen) atoms. The predicted molar refractivity (Wildman–Crippen MR) is 53.8 cm³/mol. The molecule has 2 unspecified atom stereocenters. The lowest BCUT2D eigenvalue weighted by Crippen LogP contribution is -2.28. The molecule has 0 aromatic rings. The van der Waals surface area contributed by atoms with Gasteiger partial charge in [-0.3, -0.25) is 4.79 Å². The Hall–Kier alpha value is -0.650. The van der Waals surface area contributed by atoms with E-state index in [-0.39, 0.29) is 13.2 Å². The highest BCUT2D eigenvalue weighted by atomic mass is 16.5. The first-order chi connectivity index (χ1) is 7.06. The molecule has 5 heteroatoms. The summed E-state index contributed by atoms with van der Waals surface area (Å²) in [6.07, 6.45) is -0.453. The molecule has 0 aromatic carbocycles. The molecule has 0 fully saturated rings. The van der Waals surface area contributed by atoms with Crippen LogP contribution in [0.2, 0.25) is 0 Å². The van der Waals surface area contributed by atoms with Gasteiger partial charge in [0, 0.05) is 5.92 Å². The first-order valence-corrected chi connectivity index (χ1v) is 5.20. The van der Waals surface area contributed by atoms with Crippen LogP contribution in [-0.2, 0) is 9.53 Å². The molecule has 0 rings (SSSR count). The second-order valence-corrected chi connectivity index (χ2v) is 3.50. The lowest BCUT2D eigenvalue weighted by atomic mass is 10.1. The van der Waals surface area contributed by atoms with Gasteiger partial charge in [0.1, 0.15) is 0 Å². The van der Waals surface area contributed by atoms with Crippen LogP contribution < -0.4 is 0 Å². The van der Waals surface area contributed by atoms with Crippen LogP contribution in [0, 0.1) is 11.8 Å². The third kappa shape index (κ3) is 5.11. The van der Waals surface area contributed by atoms with E-state index in [2.05, 4.69) is 0 Å². The summed E-state index contributed by atoms with van der Waals surface area (Å²) in [7, 11) is 0. The fourth-order valence-electron chi connectivity index (χ4n) is 1.09. The second-order valence-electron chi connectivity index (χ2n) is 3.50. The standard InChI is InChI=1S/C10H20O5/c1-3-7(5-11)10(14)15-6-8(4-2)9(12)13/h7-9,11-13H,3-6H2,1-2H3. The number of aliphatic hydroxyl groups is 3. The van der Waals surface area contributed by atoms with Crippen molar-refractivity contribution in [1.29, 1.82) is 0 Å². The van der Waals surface area contributed by atoms with Crippen LogP contribution in [0.5, 0.6) is 0 Å². The molecule has 0 aliphatic rings. The van der Waals surface area contributed by atoms with Crippen molar-refractivity contribution in [3.8, 4) is 0 Å². The van der Waals surface area contributed by atoms with Gasteiger partial charge in [0.25, 0.3) is 0 Å². The van der Waals surface area contributed by atoms with E-state index in [1.54, 1.807) is 13.8 Å². The Balaban J connectivity index is 3.97. The van der Waals surface area contributed by atoms with Crippen LogP contribution in [0.3, 0.4) is 0 Å². The van der Waals surface area contributed by atoms with Gasteiger partial charge >= 0.3 is 5.97 Å². The first kappa shape index (κ1) is 14.3. The van der Waals surface area contributed by atoms with Gasteiger partial charge in [-0.25, -0.2) is 0 Å². The van der Waals surface area contributed by atoms with Crippen LogP contribution in [0.1, 0.15) is 26.7 Å². The van der Waals surface area contributed by atoms with Gasteiger partial charge in [-0.2, -0.15) is 0 Å². The average molecular weight is 220 g/mol. The zero-order valence-corrected chi connectivity index (χ0v) is 9.22. The van der Waals surface area contributed by atoms with Gasteiger partial charge in [-0.15, -0.1) is 0 Å². The summed E-state index contributed by atoms with van der Waals surface area (Å²) in [4.78, 5) is 11.3. The molecule has 2 atom stereocenters. The molecular formula is C10H20O5. The zero-order valence-electron chi connectivity index (χ0n) is 9.22. The van der Waals surface area contributed by atoms with Crippen molar-refractivity contribution in [2.45, 2.75) is 33.0 Å². The summed E-state index contributed by atoms with van der Waals surface area (Å²) in [5, 5.41) is 26.6. The highest BCUT2D eigenvalue weighted by Crippen LogP contribution is 2.10. The van der Waals surface area contributed by atoms with Crippen molar-refractivity contribution in [2.24, 2.45) is 11.8 Å². The zero-order chi connectivity index (χ0) is 11.8. The molecular weight excluding hydrogens is 200 g/mol. The third-order valence-electron chi connectivity index (χ3n) is 2.43. The van der Waals surface area contributed by atoms with Crippen molar-refractivity contribution in [3.05, 3.63) is 0 Å². The van der Waals surface area contributed by atoms with Crippen LogP contribution in [0.4, 0.5) is 0 Å². The molecule has 0 amide bonds. The van der Waals surface area contributed by atoms with E-state index in [4.69, 9.17) is 20.1 Å². The second kappa shape index (κ2) is 7.62. The molecule has 3 N–H and O–H groups in total. The van der Waals surface area contributed by atoms with Gasteiger partial charge in [-0.1, -0.05) is 13.8 Å². The molecule has 0 spiro atoms. The topological polar surface area (TPSA) is 87.0 Å². The molecule has 90 valence electrons. The van der Waals surface area contributed by atoms with E-state index in [1.165, 1.54) is 0 Å². The highest BCUT2D eigenvalue weighted by Gasteiger charge is 2.21. The highest BCUT2D eigenvalue weighted by molar-refractivity contribution is 5.72. The predicted octanol–water partition coefficient (Wildman–Crippen LogP) is -0.115. The number of rotatable bonds is 7. The number of esters is 1. The minimum absolute atomic E-state index is 0.0243. The summed E-state index contributed by atoms with van der Waals surface area (Å²) in [6.45, 7) is 3.29. The van der Waals surface area contributed by atoms with Crippen LogP contribution >= 0.6 is 0 Å². The SMILES string of the molecule is CCC(CO)C(=O)OCC(CC)C(O)O. The van der Waals surface area contributed by atoms with E-state index in [9.17, 15) is 4.79 Å². The Bertz CT molecular complexity index is 177. The smallest absolute Gasteiger partial charge is 0.311 e. The summed E-state index contributed by atoms with van der Waals surface area (Å²) in [6, 6.07) is 0. The van der Waals surface area contributed by atoms with Gasteiger partial charge in [0.15, 0.2) is 6.29 Å². The van der Waals surface area contributed by atoms with Crippen molar-refractivity contribution < 1.29 is 24.9 Å². The lowest BCUT2D eigenvalue weighted by molar-refractivity contribution is -0.157. The summed E-state index contributed by atoms with van der Waals surface area (Å²) < 4.78 is 4.88. The van der Waals surface area contributed by atoms with Crippen molar-refractivity contribution in [3.63, 3.8) is 0 Å². The van der Waals surface area contributed by atoms with Gasteiger partial charge < -0.3 is 20.1 Å². The first-order valence-electron chi connectivity index (χ1n) is 5.20. The molecule has 0 aliphatic carbocycles.